The zero-order valence-electron chi connectivity index (χ0n) is 12.6. The van der Waals surface area contributed by atoms with Crippen molar-refractivity contribution in [2.24, 2.45) is 0 Å². The summed E-state index contributed by atoms with van der Waals surface area (Å²) in [4.78, 5) is 14.2. The Bertz CT molecular complexity index is 602. The summed E-state index contributed by atoms with van der Waals surface area (Å²) in [5, 5.41) is 0. The van der Waals surface area contributed by atoms with E-state index in [0.717, 1.165) is 0 Å². The first-order valence-electron chi connectivity index (χ1n) is 7.20. The molecule has 3 heteroatoms. The maximum Gasteiger partial charge on any atom is 0.258 e. The van der Waals surface area contributed by atoms with Crippen molar-refractivity contribution in [1.29, 1.82) is 0 Å². The van der Waals surface area contributed by atoms with Crippen molar-refractivity contribution in [3.8, 4) is 0 Å². The highest BCUT2D eigenvalue weighted by molar-refractivity contribution is 6.06. The van der Waals surface area contributed by atoms with E-state index in [9.17, 15) is 9.18 Å². The molecule has 0 saturated carbocycles. The molecule has 2 aromatic carbocycles. The zero-order chi connectivity index (χ0) is 15.4. The Morgan fingerprint density at radius 2 is 1.62 bits per heavy atom. The molecule has 0 radical (unpaired) electrons. The largest absolute Gasteiger partial charge is 0.309 e. The van der Waals surface area contributed by atoms with Gasteiger partial charge in [-0.15, -0.1) is 0 Å². The number of anilines is 1. The van der Waals surface area contributed by atoms with E-state index in [4.69, 9.17) is 0 Å². The van der Waals surface area contributed by atoms with E-state index in [1.165, 1.54) is 17.7 Å². The molecule has 0 fully saturated rings. The van der Waals surface area contributed by atoms with E-state index in [0.29, 0.717) is 23.7 Å². The number of nitrogens with zero attached hydrogens (tertiary/aromatic N) is 1. The zero-order valence-corrected chi connectivity index (χ0v) is 12.6. The molecule has 0 aromatic heterocycles. The first-order chi connectivity index (χ1) is 10.0. The molecule has 21 heavy (non-hydrogen) atoms. The molecule has 0 saturated heterocycles. The van der Waals surface area contributed by atoms with Crippen LogP contribution in [0.2, 0.25) is 0 Å². The molecule has 2 rings (SSSR count). The minimum absolute atomic E-state index is 0.0700. The average Bonchev–Trinajstić information content (AvgIpc) is 2.50. The Labute approximate surface area is 125 Å². The lowest BCUT2D eigenvalue weighted by atomic mass is 10.0. The van der Waals surface area contributed by atoms with E-state index in [1.54, 1.807) is 17.0 Å². The van der Waals surface area contributed by atoms with Gasteiger partial charge in [0.15, 0.2) is 0 Å². The average molecular weight is 285 g/mol. The third kappa shape index (κ3) is 3.48. The molecule has 0 unspecified atom stereocenters. The number of rotatable bonds is 4. The highest BCUT2D eigenvalue weighted by Crippen LogP contribution is 2.20. The highest BCUT2D eigenvalue weighted by Gasteiger charge is 2.16. The van der Waals surface area contributed by atoms with Crippen LogP contribution in [-0.2, 0) is 0 Å². The SMILES string of the molecule is CCN(C(=O)c1ccc(C(C)C)cc1)c1ccc(F)cc1. The Balaban J connectivity index is 2.25. The molecule has 2 aromatic rings. The molecule has 0 N–H and O–H groups in total. The quantitative estimate of drug-likeness (QED) is 0.803. The molecule has 0 bridgehead atoms. The standard InChI is InChI=1S/C18H20FNO/c1-4-20(17-11-9-16(19)10-12-17)18(21)15-7-5-14(6-8-15)13(2)3/h5-13H,4H2,1-3H3. The number of carbonyl (C=O) groups is 1. The monoisotopic (exact) mass is 285 g/mol. The minimum Gasteiger partial charge on any atom is -0.309 e. The molecule has 1 amide bonds. The van der Waals surface area contributed by atoms with Crippen molar-refractivity contribution in [2.45, 2.75) is 26.7 Å². The van der Waals surface area contributed by atoms with Gasteiger partial charge in [-0.3, -0.25) is 4.79 Å². The Morgan fingerprint density at radius 3 is 2.10 bits per heavy atom. The van der Waals surface area contributed by atoms with Gasteiger partial charge in [0.25, 0.3) is 5.91 Å². The topological polar surface area (TPSA) is 20.3 Å². The number of halogens is 1. The second kappa shape index (κ2) is 6.53. The van der Waals surface area contributed by atoms with Gasteiger partial charge in [0, 0.05) is 17.8 Å². The van der Waals surface area contributed by atoms with Crippen LogP contribution in [0.5, 0.6) is 0 Å². The molecule has 0 spiro atoms. The van der Waals surface area contributed by atoms with E-state index in [1.807, 2.05) is 31.2 Å². The molecule has 0 aliphatic carbocycles. The number of carbonyl (C=O) groups excluding carboxylic acids is 1. The van der Waals surface area contributed by atoms with Crippen LogP contribution in [-0.4, -0.2) is 12.5 Å². The van der Waals surface area contributed by atoms with Crippen LogP contribution in [0.15, 0.2) is 48.5 Å². The summed E-state index contributed by atoms with van der Waals surface area (Å²) in [5.41, 5.74) is 2.55. The second-order valence-corrected chi connectivity index (χ2v) is 5.30. The normalized spacial score (nSPS) is 10.7. The van der Waals surface area contributed by atoms with Gasteiger partial charge >= 0.3 is 0 Å². The van der Waals surface area contributed by atoms with Gasteiger partial charge in [-0.25, -0.2) is 4.39 Å². The fourth-order valence-electron chi connectivity index (χ4n) is 2.23. The lowest BCUT2D eigenvalue weighted by molar-refractivity contribution is 0.0988. The Hall–Kier alpha value is -2.16. The first-order valence-corrected chi connectivity index (χ1v) is 7.20. The Morgan fingerprint density at radius 1 is 1.05 bits per heavy atom. The molecular formula is C18H20FNO. The number of hydrogen-bond donors (Lipinski definition) is 0. The van der Waals surface area contributed by atoms with Gasteiger partial charge in [-0.05, 0) is 54.8 Å². The second-order valence-electron chi connectivity index (χ2n) is 5.30. The van der Waals surface area contributed by atoms with Crippen LogP contribution in [0.25, 0.3) is 0 Å². The highest BCUT2D eigenvalue weighted by atomic mass is 19.1. The van der Waals surface area contributed by atoms with E-state index in [-0.39, 0.29) is 11.7 Å². The van der Waals surface area contributed by atoms with Crippen molar-refractivity contribution in [1.82, 2.24) is 0 Å². The van der Waals surface area contributed by atoms with Gasteiger partial charge < -0.3 is 4.90 Å². The summed E-state index contributed by atoms with van der Waals surface area (Å²) >= 11 is 0. The molecule has 0 atom stereocenters. The molecule has 2 nitrogen and oxygen atoms in total. The van der Waals surface area contributed by atoms with Crippen molar-refractivity contribution in [3.63, 3.8) is 0 Å². The van der Waals surface area contributed by atoms with Crippen molar-refractivity contribution in [3.05, 3.63) is 65.5 Å². The summed E-state index contributed by atoms with van der Waals surface area (Å²) in [7, 11) is 0. The summed E-state index contributed by atoms with van der Waals surface area (Å²) in [5.74, 6) is 0.0662. The minimum atomic E-state index is -0.302. The fourth-order valence-corrected chi connectivity index (χ4v) is 2.23. The predicted molar refractivity (Wildman–Crippen MR) is 84.3 cm³/mol. The van der Waals surface area contributed by atoms with Gasteiger partial charge in [0.05, 0.1) is 0 Å². The summed E-state index contributed by atoms with van der Waals surface area (Å²) < 4.78 is 13.0. The third-order valence-electron chi connectivity index (χ3n) is 3.52. The van der Waals surface area contributed by atoms with Crippen molar-refractivity contribution in [2.75, 3.05) is 11.4 Å². The molecule has 110 valence electrons. The number of benzene rings is 2. The maximum absolute atomic E-state index is 13.0. The molecular weight excluding hydrogens is 265 g/mol. The molecule has 0 heterocycles. The number of amides is 1. The van der Waals surface area contributed by atoms with E-state index >= 15 is 0 Å². The van der Waals surface area contributed by atoms with Crippen molar-refractivity contribution < 1.29 is 9.18 Å². The Kier molecular flexibility index (Phi) is 4.73. The van der Waals surface area contributed by atoms with Gasteiger partial charge in [-0.2, -0.15) is 0 Å². The smallest absolute Gasteiger partial charge is 0.258 e. The van der Waals surface area contributed by atoms with E-state index < -0.39 is 0 Å². The lowest BCUT2D eigenvalue weighted by Gasteiger charge is -2.21. The first kappa shape index (κ1) is 15.2. The van der Waals surface area contributed by atoms with Crippen LogP contribution in [0.3, 0.4) is 0 Å². The van der Waals surface area contributed by atoms with Gasteiger partial charge in [0.1, 0.15) is 5.82 Å². The molecule has 0 aliphatic heterocycles. The predicted octanol–water partition coefficient (Wildman–Crippen LogP) is 4.62. The third-order valence-corrected chi connectivity index (χ3v) is 3.52. The lowest BCUT2D eigenvalue weighted by Crippen LogP contribution is -2.30. The van der Waals surface area contributed by atoms with Crippen molar-refractivity contribution >= 4 is 11.6 Å². The maximum atomic E-state index is 13.0. The van der Waals surface area contributed by atoms with Crippen LogP contribution >= 0.6 is 0 Å². The van der Waals surface area contributed by atoms with Gasteiger partial charge in [0.2, 0.25) is 0 Å². The van der Waals surface area contributed by atoms with Crippen LogP contribution in [0, 0.1) is 5.82 Å². The van der Waals surface area contributed by atoms with Crippen LogP contribution in [0.1, 0.15) is 42.6 Å². The van der Waals surface area contributed by atoms with Crippen LogP contribution in [0.4, 0.5) is 10.1 Å². The van der Waals surface area contributed by atoms with Gasteiger partial charge in [-0.1, -0.05) is 26.0 Å². The van der Waals surface area contributed by atoms with E-state index in [2.05, 4.69) is 13.8 Å². The summed E-state index contributed by atoms with van der Waals surface area (Å²) in [6.07, 6.45) is 0. The van der Waals surface area contributed by atoms with Crippen LogP contribution < -0.4 is 4.90 Å². The number of hydrogen-bond acceptors (Lipinski definition) is 1. The fraction of sp³-hybridized carbons (Fsp3) is 0.278. The summed E-state index contributed by atoms with van der Waals surface area (Å²) in [6.45, 7) is 6.68. The summed E-state index contributed by atoms with van der Waals surface area (Å²) in [6, 6.07) is 13.7. The molecule has 0 aliphatic rings.